The van der Waals surface area contributed by atoms with Crippen LogP contribution in [0.5, 0.6) is 11.5 Å². The third-order valence-corrected chi connectivity index (χ3v) is 5.10. The molecular formula is C23H31NO2. The number of rotatable bonds is 9. The van der Waals surface area contributed by atoms with Gasteiger partial charge >= 0.3 is 0 Å². The molecule has 140 valence electrons. The molecule has 0 saturated carbocycles. The molecule has 0 spiro atoms. The minimum absolute atomic E-state index is 0.292. The van der Waals surface area contributed by atoms with Crippen LogP contribution in [0, 0.1) is 0 Å². The molecule has 3 rings (SSSR count). The lowest BCUT2D eigenvalue weighted by molar-refractivity contribution is 0.309. The first-order valence-corrected chi connectivity index (χ1v) is 9.99. The standard InChI is InChI=1S/C23H31NO2/c1-4-6-14-25-19-10-8-18(9-11-19)23-17(3)21-16-20(26-15-7-5-2)12-13-22(21)24-23/h8-13,16-17,23-24H,4-7,14-15H2,1-3H3. The van der Waals surface area contributed by atoms with E-state index < -0.39 is 0 Å². The second-order valence-electron chi connectivity index (χ2n) is 7.13. The van der Waals surface area contributed by atoms with Gasteiger partial charge in [-0.15, -0.1) is 0 Å². The Kier molecular flexibility index (Phi) is 6.43. The lowest BCUT2D eigenvalue weighted by Gasteiger charge is -2.17. The molecule has 2 aromatic carbocycles. The first kappa shape index (κ1) is 18.6. The molecule has 3 heteroatoms. The Morgan fingerprint density at radius 3 is 2.12 bits per heavy atom. The highest BCUT2D eigenvalue weighted by molar-refractivity contribution is 5.62. The van der Waals surface area contributed by atoms with Crippen molar-refractivity contribution in [2.24, 2.45) is 0 Å². The Hall–Kier alpha value is -2.16. The number of unbranched alkanes of at least 4 members (excludes halogenated alkanes) is 2. The molecule has 0 amide bonds. The molecule has 2 atom stereocenters. The molecule has 0 aliphatic carbocycles. The van der Waals surface area contributed by atoms with Crippen molar-refractivity contribution in [3.05, 3.63) is 53.6 Å². The zero-order valence-electron chi connectivity index (χ0n) is 16.3. The van der Waals surface area contributed by atoms with Gasteiger partial charge in [0.15, 0.2) is 0 Å². The molecule has 0 bridgehead atoms. The van der Waals surface area contributed by atoms with Gasteiger partial charge < -0.3 is 14.8 Å². The molecule has 0 radical (unpaired) electrons. The van der Waals surface area contributed by atoms with Gasteiger partial charge in [-0.2, -0.15) is 0 Å². The second kappa shape index (κ2) is 8.98. The SMILES string of the molecule is CCCCOc1ccc(C2Nc3ccc(OCCCC)cc3C2C)cc1. The van der Waals surface area contributed by atoms with E-state index in [1.54, 1.807) is 0 Å². The van der Waals surface area contributed by atoms with Gasteiger partial charge in [-0.05, 0) is 54.3 Å². The highest BCUT2D eigenvalue weighted by Gasteiger charge is 2.30. The highest BCUT2D eigenvalue weighted by atomic mass is 16.5. The summed E-state index contributed by atoms with van der Waals surface area (Å²) in [6.45, 7) is 8.23. The summed E-state index contributed by atoms with van der Waals surface area (Å²) in [5.41, 5.74) is 3.85. The molecule has 0 fully saturated rings. The third-order valence-electron chi connectivity index (χ3n) is 5.10. The van der Waals surface area contributed by atoms with Gasteiger partial charge in [-0.1, -0.05) is 45.7 Å². The molecular weight excluding hydrogens is 322 g/mol. The second-order valence-corrected chi connectivity index (χ2v) is 7.13. The van der Waals surface area contributed by atoms with Gasteiger partial charge in [0.2, 0.25) is 0 Å². The number of ether oxygens (including phenoxy) is 2. The van der Waals surface area contributed by atoms with E-state index >= 15 is 0 Å². The van der Waals surface area contributed by atoms with Crippen LogP contribution in [0.3, 0.4) is 0 Å². The predicted octanol–water partition coefficient (Wildman–Crippen LogP) is 6.31. The number of benzene rings is 2. The molecule has 1 N–H and O–H groups in total. The zero-order valence-corrected chi connectivity index (χ0v) is 16.3. The lowest BCUT2D eigenvalue weighted by Crippen LogP contribution is -2.09. The van der Waals surface area contributed by atoms with E-state index in [4.69, 9.17) is 9.47 Å². The summed E-state index contributed by atoms with van der Waals surface area (Å²) in [5.74, 6) is 2.34. The van der Waals surface area contributed by atoms with Crippen LogP contribution < -0.4 is 14.8 Å². The lowest BCUT2D eigenvalue weighted by atomic mass is 9.92. The molecule has 3 nitrogen and oxygen atoms in total. The topological polar surface area (TPSA) is 30.5 Å². The molecule has 1 aliphatic rings. The summed E-state index contributed by atoms with van der Waals surface area (Å²) in [7, 11) is 0. The summed E-state index contributed by atoms with van der Waals surface area (Å²) in [4.78, 5) is 0. The van der Waals surface area contributed by atoms with Gasteiger partial charge in [0, 0.05) is 11.6 Å². The first-order chi connectivity index (χ1) is 12.7. The Morgan fingerprint density at radius 2 is 1.46 bits per heavy atom. The number of hydrogen-bond donors (Lipinski definition) is 1. The van der Waals surface area contributed by atoms with Gasteiger partial charge in [0.25, 0.3) is 0 Å². The Balaban J connectivity index is 1.66. The molecule has 0 aromatic heterocycles. The minimum Gasteiger partial charge on any atom is -0.494 e. The third kappa shape index (κ3) is 4.32. The maximum atomic E-state index is 5.88. The smallest absolute Gasteiger partial charge is 0.119 e. The maximum absolute atomic E-state index is 5.88. The predicted molar refractivity (Wildman–Crippen MR) is 108 cm³/mol. The van der Waals surface area contributed by atoms with Crippen LogP contribution in [0.4, 0.5) is 5.69 Å². The Morgan fingerprint density at radius 1 is 0.846 bits per heavy atom. The van der Waals surface area contributed by atoms with E-state index in [0.29, 0.717) is 12.0 Å². The summed E-state index contributed by atoms with van der Waals surface area (Å²) < 4.78 is 11.7. The van der Waals surface area contributed by atoms with Gasteiger partial charge in [0.1, 0.15) is 11.5 Å². The average molecular weight is 354 g/mol. The fourth-order valence-electron chi connectivity index (χ4n) is 3.42. The monoisotopic (exact) mass is 353 g/mol. The van der Waals surface area contributed by atoms with Gasteiger partial charge in [-0.3, -0.25) is 0 Å². The van der Waals surface area contributed by atoms with Crippen molar-refractivity contribution in [1.29, 1.82) is 0 Å². The fourth-order valence-corrected chi connectivity index (χ4v) is 3.42. The van der Waals surface area contributed by atoms with E-state index in [0.717, 1.165) is 50.4 Å². The number of fused-ring (bicyclic) bond motifs is 1. The highest BCUT2D eigenvalue weighted by Crippen LogP contribution is 2.45. The summed E-state index contributed by atoms with van der Waals surface area (Å²) in [6, 6.07) is 15.2. The number of hydrogen-bond acceptors (Lipinski definition) is 3. The summed E-state index contributed by atoms with van der Waals surface area (Å²) in [6.07, 6.45) is 4.51. The summed E-state index contributed by atoms with van der Waals surface area (Å²) >= 11 is 0. The quantitative estimate of drug-likeness (QED) is 0.535. The van der Waals surface area contributed by atoms with Crippen LogP contribution in [0.15, 0.2) is 42.5 Å². The van der Waals surface area contributed by atoms with E-state index in [-0.39, 0.29) is 0 Å². The van der Waals surface area contributed by atoms with Crippen LogP contribution in [-0.2, 0) is 0 Å². The zero-order chi connectivity index (χ0) is 18.4. The minimum atomic E-state index is 0.292. The largest absolute Gasteiger partial charge is 0.494 e. The van der Waals surface area contributed by atoms with E-state index in [1.807, 2.05) is 0 Å². The number of nitrogens with one attached hydrogen (secondary N) is 1. The van der Waals surface area contributed by atoms with Crippen LogP contribution in [0.2, 0.25) is 0 Å². The summed E-state index contributed by atoms with van der Waals surface area (Å²) in [5, 5.41) is 3.67. The van der Waals surface area contributed by atoms with Gasteiger partial charge in [-0.25, -0.2) is 0 Å². The van der Waals surface area contributed by atoms with E-state index in [1.165, 1.54) is 16.8 Å². The van der Waals surface area contributed by atoms with Crippen LogP contribution in [-0.4, -0.2) is 13.2 Å². The molecule has 0 saturated heterocycles. The van der Waals surface area contributed by atoms with Gasteiger partial charge in [0.05, 0.1) is 19.3 Å². The van der Waals surface area contributed by atoms with Crippen molar-refractivity contribution in [3.8, 4) is 11.5 Å². The van der Waals surface area contributed by atoms with E-state index in [9.17, 15) is 0 Å². The molecule has 26 heavy (non-hydrogen) atoms. The van der Waals surface area contributed by atoms with Crippen molar-refractivity contribution in [1.82, 2.24) is 0 Å². The molecule has 1 aliphatic heterocycles. The fraction of sp³-hybridized carbons (Fsp3) is 0.478. The van der Waals surface area contributed by atoms with Crippen molar-refractivity contribution >= 4 is 5.69 Å². The van der Waals surface area contributed by atoms with Crippen molar-refractivity contribution in [2.75, 3.05) is 18.5 Å². The van der Waals surface area contributed by atoms with Crippen molar-refractivity contribution in [3.63, 3.8) is 0 Å². The van der Waals surface area contributed by atoms with Crippen molar-refractivity contribution < 1.29 is 9.47 Å². The average Bonchev–Trinajstić information content (AvgIpc) is 2.99. The van der Waals surface area contributed by atoms with Crippen LogP contribution in [0.1, 0.15) is 69.5 Å². The van der Waals surface area contributed by atoms with E-state index in [2.05, 4.69) is 68.6 Å². The van der Waals surface area contributed by atoms with Crippen molar-refractivity contribution in [2.45, 2.75) is 58.4 Å². The first-order valence-electron chi connectivity index (χ1n) is 9.99. The molecule has 2 unspecified atom stereocenters. The molecule has 1 heterocycles. The normalized spacial score (nSPS) is 18.3. The Labute approximate surface area is 157 Å². The maximum Gasteiger partial charge on any atom is 0.119 e. The van der Waals surface area contributed by atoms with Crippen LogP contribution in [0.25, 0.3) is 0 Å². The Bertz CT molecular complexity index is 696. The molecule has 2 aromatic rings. The number of anilines is 1. The van der Waals surface area contributed by atoms with Crippen LogP contribution >= 0.6 is 0 Å².